The monoisotopic (exact) mass is 372 g/mol. The van der Waals surface area contributed by atoms with Gasteiger partial charge in [0.2, 0.25) is 0 Å². The number of urea groups is 1. The number of halogens is 1. The molecule has 0 aliphatic carbocycles. The van der Waals surface area contributed by atoms with Crippen LogP contribution in [0.5, 0.6) is 5.75 Å². The number of rotatable bonds is 4. The molecule has 0 saturated carbocycles. The van der Waals surface area contributed by atoms with Gasteiger partial charge in [0.05, 0.1) is 25.0 Å². The fourth-order valence-corrected chi connectivity index (χ4v) is 3.36. The topological polar surface area (TPSA) is 57.7 Å². The molecule has 2 heterocycles. The van der Waals surface area contributed by atoms with Crippen molar-refractivity contribution in [3.05, 3.63) is 54.1 Å². The summed E-state index contributed by atoms with van der Waals surface area (Å²) in [6.07, 6.45) is 2.80. The standard InChI is InChI=1S/C20H25FN4O2/c1-14-13-24(19-7-8-22-12-18(19)21)9-10-25(14)20(26)23-15(2)16-5-4-6-17(11-16)27-3/h4-8,11-12,14-15H,9-10,13H2,1-3H3,(H,23,26)/t14?,15-/m1/s1. The number of carbonyl (C=O) groups excluding carboxylic acids is 1. The van der Waals surface area contributed by atoms with Gasteiger partial charge in [-0.15, -0.1) is 0 Å². The molecule has 1 aromatic heterocycles. The van der Waals surface area contributed by atoms with E-state index in [4.69, 9.17) is 4.74 Å². The molecule has 1 aliphatic rings. The summed E-state index contributed by atoms with van der Waals surface area (Å²) in [6.45, 7) is 5.59. The van der Waals surface area contributed by atoms with Crippen molar-refractivity contribution in [2.45, 2.75) is 25.9 Å². The lowest BCUT2D eigenvalue weighted by Gasteiger charge is -2.41. The highest BCUT2D eigenvalue weighted by Gasteiger charge is 2.29. The second-order valence-corrected chi connectivity index (χ2v) is 6.76. The van der Waals surface area contributed by atoms with Crippen LogP contribution in [0.25, 0.3) is 0 Å². The summed E-state index contributed by atoms with van der Waals surface area (Å²) in [6, 6.07) is 9.02. The number of nitrogens with zero attached hydrogens (tertiary/aromatic N) is 3. The van der Waals surface area contributed by atoms with Crippen LogP contribution in [0.15, 0.2) is 42.7 Å². The third kappa shape index (κ3) is 4.30. The summed E-state index contributed by atoms with van der Waals surface area (Å²) >= 11 is 0. The SMILES string of the molecule is COc1cccc([C@@H](C)NC(=O)N2CCN(c3ccncc3F)CC2C)c1. The highest BCUT2D eigenvalue weighted by molar-refractivity contribution is 5.75. The molecule has 1 unspecified atom stereocenters. The average molecular weight is 372 g/mol. The molecule has 7 heteroatoms. The molecule has 27 heavy (non-hydrogen) atoms. The molecular formula is C20H25FN4O2. The van der Waals surface area contributed by atoms with E-state index in [-0.39, 0.29) is 23.9 Å². The van der Waals surface area contributed by atoms with Crippen molar-refractivity contribution in [2.24, 2.45) is 0 Å². The Labute approximate surface area is 158 Å². The number of nitrogens with one attached hydrogen (secondary N) is 1. The van der Waals surface area contributed by atoms with Gasteiger partial charge in [0, 0.05) is 31.9 Å². The Kier molecular flexibility index (Phi) is 5.78. The van der Waals surface area contributed by atoms with Crippen LogP contribution >= 0.6 is 0 Å². The number of carbonyl (C=O) groups is 1. The number of ether oxygens (including phenoxy) is 1. The first-order chi connectivity index (χ1) is 13.0. The Morgan fingerprint density at radius 2 is 2.19 bits per heavy atom. The first-order valence-electron chi connectivity index (χ1n) is 9.05. The summed E-state index contributed by atoms with van der Waals surface area (Å²) in [7, 11) is 1.62. The second-order valence-electron chi connectivity index (χ2n) is 6.76. The van der Waals surface area contributed by atoms with E-state index in [1.54, 1.807) is 24.3 Å². The van der Waals surface area contributed by atoms with Gasteiger partial charge in [-0.2, -0.15) is 0 Å². The number of piperazine rings is 1. The highest BCUT2D eigenvalue weighted by Crippen LogP contribution is 2.23. The Bertz CT molecular complexity index is 801. The Morgan fingerprint density at radius 1 is 1.37 bits per heavy atom. The molecule has 2 aromatic rings. The number of pyridine rings is 1. The normalized spacial score (nSPS) is 18.1. The van der Waals surface area contributed by atoms with Gasteiger partial charge in [-0.25, -0.2) is 9.18 Å². The third-order valence-electron chi connectivity index (χ3n) is 4.91. The van der Waals surface area contributed by atoms with E-state index in [9.17, 15) is 9.18 Å². The summed E-state index contributed by atoms with van der Waals surface area (Å²) in [5.41, 5.74) is 1.51. The van der Waals surface area contributed by atoms with E-state index in [1.807, 2.05) is 43.0 Å². The van der Waals surface area contributed by atoms with Crippen molar-refractivity contribution in [1.82, 2.24) is 15.2 Å². The minimum absolute atomic E-state index is 0.0381. The smallest absolute Gasteiger partial charge is 0.318 e. The summed E-state index contributed by atoms with van der Waals surface area (Å²) in [5.74, 6) is 0.421. The summed E-state index contributed by atoms with van der Waals surface area (Å²) < 4.78 is 19.2. The maximum Gasteiger partial charge on any atom is 0.318 e. The second kappa shape index (κ2) is 8.24. The number of benzene rings is 1. The molecule has 2 amide bonds. The van der Waals surface area contributed by atoms with Crippen molar-refractivity contribution in [3.63, 3.8) is 0 Å². The number of aromatic nitrogens is 1. The van der Waals surface area contributed by atoms with E-state index in [0.29, 0.717) is 25.3 Å². The molecule has 1 aromatic carbocycles. The van der Waals surface area contributed by atoms with Crippen LogP contribution in [-0.2, 0) is 0 Å². The van der Waals surface area contributed by atoms with Crippen LogP contribution < -0.4 is 15.0 Å². The largest absolute Gasteiger partial charge is 0.497 e. The predicted molar refractivity (Wildman–Crippen MR) is 103 cm³/mol. The number of anilines is 1. The van der Waals surface area contributed by atoms with E-state index in [0.717, 1.165) is 11.3 Å². The zero-order chi connectivity index (χ0) is 19.4. The van der Waals surface area contributed by atoms with Gasteiger partial charge >= 0.3 is 6.03 Å². The molecular weight excluding hydrogens is 347 g/mol. The fourth-order valence-electron chi connectivity index (χ4n) is 3.36. The fraction of sp³-hybridized carbons (Fsp3) is 0.400. The lowest BCUT2D eigenvalue weighted by atomic mass is 10.1. The van der Waals surface area contributed by atoms with E-state index in [2.05, 4.69) is 10.3 Å². The third-order valence-corrected chi connectivity index (χ3v) is 4.91. The van der Waals surface area contributed by atoms with Crippen LogP contribution in [0.4, 0.5) is 14.9 Å². The number of hydrogen-bond acceptors (Lipinski definition) is 4. The maximum atomic E-state index is 14.0. The predicted octanol–water partition coefficient (Wildman–Crippen LogP) is 3.21. The lowest BCUT2D eigenvalue weighted by molar-refractivity contribution is 0.168. The van der Waals surface area contributed by atoms with Crippen LogP contribution in [0.1, 0.15) is 25.5 Å². The minimum Gasteiger partial charge on any atom is -0.497 e. The Balaban J connectivity index is 1.62. The van der Waals surface area contributed by atoms with Crippen molar-refractivity contribution in [1.29, 1.82) is 0 Å². The summed E-state index contributed by atoms with van der Waals surface area (Å²) in [5, 5.41) is 3.04. The molecule has 3 rings (SSSR count). The molecule has 6 nitrogen and oxygen atoms in total. The summed E-state index contributed by atoms with van der Waals surface area (Å²) in [4.78, 5) is 20.3. The molecule has 144 valence electrons. The molecule has 1 fully saturated rings. The molecule has 2 atom stereocenters. The van der Waals surface area contributed by atoms with Gasteiger partial charge in [-0.3, -0.25) is 4.98 Å². The van der Waals surface area contributed by atoms with Gasteiger partial charge in [0.25, 0.3) is 0 Å². The number of hydrogen-bond donors (Lipinski definition) is 1. The van der Waals surface area contributed by atoms with Crippen molar-refractivity contribution < 1.29 is 13.9 Å². The van der Waals surface area contributed by atoms with Gasteiger partial charge < -0.3 is 19.9 Å². The van der Waals surface area contributed by atoms with Crippen molar-refractivity contribution in [2.75, 3.05) is 31.6 Å². The van der Waals surface area contributed by atoms with Gasteiger partial charge in [-0.05, 0) is 37.6 Å². The number of amides is 2. The highest BCUT2D eigenvalue weighted by atomic mass is 19.1. The first kappa shape index (κ1) is 18.9. The van der Waals surface area contributed by atoms with E-state index < -0.39 is 0 Å². The van der Waals surface area contributed by atoms with Crippen LogP contribution in [-0.4, -0.2) is 48.7 Å². The van der Waals surface area contributed by atoms with Gasteiger partial charge in [-0.1, -0.05) is 12.1 Å². The Hall–Kier alpha value is -2.83. The van der Waals surface area contributed by atoms with Crippen LogP contribution in [0.2, 0.25) is 0 Å². The molecule has 1 saturated heterocycles. The first-order valence-corrected chi connectivity index (χ1v) is 9.05. The molecule has 0 radical (unpaired) electrons. The van der Waals surface area contributed by atoms with Crippen molar-refractivity contribution in [3.8, 4) is 5.75 Å². The van der Waals surface area contributed by atoms with Crippen LogP contribution in [0, 0.1) is 5.82 Å². The zero-order valence-electron chi connectivity index (χ0n) is 15.9. The van der Waals surface area contributed by atoms with E-state index >= 15 is 0 Å². The van der Waals surface area contributed by atoms with Crippen LogP contribution in [0.3, 0.4) is 0 Å². The maximum absolute atomic E-state index is 14.0. The van der Waals surface area contributed by atoms with Crippen molar-refractivity contribution >= 4 is 11.7 Å². The molecule has 1 N–H and O–H groups in total. The molecule has 0 bridgehead atoms. The quantitative estimate of drug-likeness (QED) is 0.895. The molecule has 0 spiro atoms. The Morgan fingerprint density at radius 3 is 2.89 bits per heavy atom. The minimum atomic E-state index is -0.339. The lowest BCUT2D eigenvalue weighted by Crippen LogP contribution is -2.57. The van der Waals surface area contributed by atoms with Gasteiger partial charge in [0.1, 0.15) is 5.75 Å². The zero-order valence-corrected chi connectivity index (χ0v) is 15.9. The molecule has 1 aliphatic heterocycles. The van der Waals surface area contributed by atoms with E-state index in [1.165, 1.54) is 6.20 Å². The number of methoxy groups -OCH3 is 1. The average Bonchev–Trinajstić information content (AvgIpc) is 2.68. The van der Waals surface area contributed by atoms with Gasteiger partial charge in [0.15, 0.2) is 5.82 Å².